The summed E-state index contributed by atoms with van der Waals surface area (Å²) in [5, 5.41) is 13.1. The minimum Gasteiger partial charge on any atom is -0.460 e. The molecule has 2 amide bonds. The molecule has 3 rings (SSSR count). The van der Waals surface area contributed by atoms with E-state index in [9.17, 15) is 24.3 Å². The van der Waals surface area contributed by atoms with Gasteiger partial charge in [-0.2, -0.15) is 0 Å². The highest BCUT2D eigenvalue weighted by Crippen LogP contribution is 2.31. The van der Waals surface area contributed by atoms with E-state index >= 15 is 0 Å². The van der Waals surface area contributed by atoms with E-state index in [1.165, 1.54) is 17.2 Å². The van der Waals surface area contributed by atoms with Gasteiger partial charge in [-0.15, -0.1) is 0 Å². The van der Waals surface area contributed by atoms with Gasteiger partial charge in [0, 0.05) is 31.6 Å². The maximum atomic E-state index is 13.3. The molecule has 2 aliphatic heterocycles. The Labute approximate surface area is 229 Å². The van der Waals surface area contributed by atoms with Gasteiger partial charge in [-0.3, -0.25) is 14.4 Å². The summed E-state index contributed by atoms with van der Waals surface area (Å²) < 4.78 is 5.99. The normalized spacial score (nSPS) is 29.6. The average Bonchev–Trinajstić information content (AvgIpc) is 3.51. The summed E-state index contributed by atoms with van der Waals surface area (Å²) >= 11 is 0. The number of hydrogen-bond acceptors (Lipinski definition) is 7. The number of ether oxygens (including phenoxy) is 1. The van der Waals surface area contributed by atoms with E-state index in [2.05, 4.69) is 15.3 Å². The minimum absolute atomic E-state index is 0.0667. The molecule has 0 spiro atoms. The van der Waals surface area contributed by atoms with Gasteiger partial charge in [-0.25, -0.2) is 9.78 Å². The van der Waals surface area contributed by atoms with Gasteiger partial charge in [-0.05, 0) is 31.3 Å². The number of fused-ring (bicyclic) bond motifs is 3. The van der Waals surface area contributed by atoms with Gasteiger partial charge in [0.1, 0.15) is 29.4 Å². The molecule has 0 saturated carbocycles. The van der Waals surface area contributed by atoms with Gasteiger partial charge < -0.3 is 25.0 Å². The Hall–Kier alpha value is -3.53. The number of ketones is 1. The van der Waals surface area contributed by atoms with Crippen molar-refractivity contribution < 1.29 is 29.0 Å². The second-order valence-corrected chi connectivity index (χ2v) is 11.4. The summed E-state index contributed by atoms with van der Waals surface area (Å²) in [4.78, 5) is 60.1. The third-order valence-electron chi connectivity index (χ3n) is 6.79. The Morgan fingerprint density at radius 2 is 1.90 bits per heavy atom. The molecule has 0 aromatic carbocycles. The number of amides is 2. The number of imidazole rings is 1. The molecule has 2 bridgehead atoms. The topological polar surface area (TPSA) is 142 Å². The van der Waals surface area contributed by atoms with E-state index < -0.39 is 35.5 Å². The zero-order chi connectivity index (χ0) is 28.7. The first-order chi connectivity index (χ1) is 18.3. The zero-order valence-electron chi connectivity index (χ0n) is 23.4. The van der Waals surface area contributed by atoms with Crippen LogP contribution in [0.5, 0.6) is 0 Å². The van der Waals surface area contributed by atoms with Gasteiger partial charge in [0.2, 0.25) is 5.91 Å². The molecule has 10 heteroatoms. The summed E-state index contributed by atoms with van der Waals surface area (Å²) in [6.45, 7) is 10.2. The fourth-order valence-corrected chi connectivity index (χ4v) is 4.95. The maximum absolute atomic E-state index is 13.3. The van der Waals surface area contributed by atoms with E-state index in [0.29, 0.717) is 25.2 Å². The van der Waals surface area contributed by atoms with Crippen LogP contribution in [0.1, 0.15) is 70.2 Å². The molecular formula is C29H40N4O6. The molecule has 2 aliphatic rings. The lowest BCUT2D eigenvalue weighted by atomic mass is 9.81. The van der Waals surface area contributed by atoms with E-state index in [0.717, 1.165) is 5.57 Å². The van der Waals surface area contributed by atoms with Crippen molar-refractivity contribution in [2.75, 3.05) is 13.1 Å². The highest BCUT2D eigenvalue weighted by molar-refractivity contribution is 5.95. The molecule has 1 fully saturated rings. The predicted molar refractivity (Wildman–Crippen MR) is 146 cm³/mol. The first kappa shape index (κ1) is 30.0. The number of aliphatic hydroxyl groups is 1. The smallest absolute Gasteiger partial charge is 0.329 e. The number of esters is 1. The Morgan fingerprint density at radius 1 is 1.15 bits per heavy atom. The largest absolute Gasteiger partial charge is 0.460 e. The van der Waals surface area contributed by atoms with Crippen molar-refractivity contribution in [2.45, 2.75) is 78.6 Å². The number of allylic oxidation sites excluding steroid dienone is 2. The number of aromatic amines is 1. The number of aliphatic hydroxyl groups excluding tert-OH is 1. The third-order valence-corrected chi connectivity index (χ3v) is 6.79. The number of nitrogens with zero attached hydrogens (tertiary/aromatic N) is 2. The standard InChI is InChI=1S/C29H40N4O6/c1-18-8-6-12-30-25(36)11-10-19(2)26(29(3,4)5)39-28(38)23-9-7-13-33(23)27(37)22-17-31-24(32-22)16-21(35)15-20(34)14-18/h6,8,10-11,14,17,19-20,23,26,34H,7,9,12-13,15-16H2,1-5H3,(H,30,36)(H,31,32)/b8-6+,11-10+,18-14+/t19-,20-,23-,26+/m1/s1. The molecule has 0 unspecified atom stereocenters. The van der Waals surface area contributed by atoms with Crippen LogP contribution in [0.25, 0.3) is 0 Å². The Morgan fingerprint density at radius 3 is 2.62 bits per heavy atom. The summed E-state index contributed by atoms with van der Waals surface area (Å²) in [5.74, 6) is -1.38. The molecule has 1 aromatic rings. The Balaban J connectivity index is 1.88. The molecule has 39 heavy (non-hydrogen) atoms. The van der Waals surface area contributed by atoms with Crippen molar-refractivity contribution >= 4 is 23.6 Å². The van der Waals surface area contributed by atoms with Crippen LogP contribution in [0.4, 0.5) is 0 Å². The van der Waals surface area contributed by atoms with Gasteiger partial charge in [-0.1, -0.05) is 57.6 Å². The van der Waals surface area contributed by atoms with Crippen molar-refractivity contribution in [3.63, 3.8) is 0 Å². The number of Topliss-reactive ketones (excluding diaryl/α,β-unsaturated/α-hetero) is 1. The summed E-state index contributed by atoms with van der Waals surface area (Å²) in [6.07, 6.45) is 9.10. The van der Waals surface area contributed by atoms with Crippen LogP contribution in [0.2, 0.25) is 0 Å². The number of aromatic nitrogens is 2. The molecule has 0 radical (unpaired) electrons. The summed E-state index contributed by atoms with van der Waals surface area (Å²) in [7, 11) is 0. The van der Waals surface area contributed by atoms with Crippen molar-refractivity contribution in [1.82, 2.24) is 20.2 Å². The van der Waals surface area contributed by atoms with Crippen LogP contribution < -0.4 is 5.32 Å². The number of cyclic esters (lactones) is 1. The summed E-state index contributed by atoms with van der Waals surface area (Å²) in [5.41, 5.74) is 0.441. The van der Waals surface area contributed by atoms with Crippen molar-refractivity contribution in [3.05, 3.63) is 53.7 Å². The second kappa shape index (κ2) is 13.0. The van der Waals surface area contributed by atoms with Crippen LogP contribution in [0.15, 0.2) is 42.2 Å². The van der Waals surface area contributed by atoms with E-state index in [-0.39, 0.29) is 42.7 Å². The fourth-order valence-electron chi connectivity index (χ4n) is 4.95. The average molecular weight is 541 g/mol. The molecule has 1 saturated heterocycles. The van der Waals surface area contributed by atoms with E-state index in [1.54, 1.807) is 31.2 Å². The fraction of sp³-hybridized carbons (Fsp3) is 0.552. The number of carbonyl (C=O) groups is 4. The number of H-pyrrole nitrogens is 1. The number of rotatable bonds is 0. The minimum atomic E-state index is -0.981. The van der Waals surface area contributed by atoms with Gasteiger partial charge in [0.15, 0.2) is 0 Å². The van der Waals surface area contributed by atoms with Crippen molar-refractivity contribution in [2.24, 2.45) is 11.3 Å². The predicted octanol–water partition coefficient (Wildman–Crippen LogP) is 2.66. The van der Waals surface area contributed by atoms with Gasteiger partial charge in [0.25, 0.3) is 5.91 Å². The molecule has 3 N–H and O–H groups in total. The summed E-state index contributed by atoms with van der Waals surface area (Å²) in [6, 6.07) is -0.748. The van der Waals surface area contributed by atoms with Crippen LogP contribution in [0.3, 0.4) is 0 Å². The second-order valence-electron chi connectivity index (χ2n) is 11.4. The monoisotopic (exact) mass is 540 g/mol. The highest BCUT2D eigenvalue weighted by atomic mass is 16.5. The molecule has 4 atom stereocenters. The van der Waals surface area contributed by atoms with Gasteiger partial charge in [0.05, 0.1) is 12.5 Å². The maximum Gasteiger partial charge on any atom is 0.329 e. The molecule has 212 valence electrons. The zero-order valence-corrected chi connectivity index (χ0v) is 23.4. The van der Waals surface area contributed by atoms with Crippen LogP contribution in [-0.2, 0) is 25.5 Å². The number of hydrogen-bond donors (Lipinski definition) is 3. The lowest BCUT2D eigenvalue weighted by molar-refractivity contribution is -0.162. The lowest BCUT2D eigenvalue weighted by Gasteiger charge is -2.35. The molecule has 1 aromatic heterocycles. The first-order valence-electron chi connectivity index (χ1n) is 13.4. The third kappa shape index (κ3) is 8.48. The molecule has 10 nitrogen and oxygen atoms in total. The quantitative estimate of drug-likeness (QED) is 0.430. The SMILES string of the molecule is CC1=C\[C@@H](O)CC(=O)Cc2nc(c[nH]2)C(=O)N2CCC[C@@H]2C(=O)O[C@H](C(C)(C)C)[C@H](C)/C=C/C(=O)NC\C=C\1. The van der Waals surface area contributed by atoms with Crippen LogP contribution >= 0.6 is 0 Å². The van der Waals surface area contributed by atoms with Crippen molar-refractivity contribution in [1.29, 1.82) is 0 Å². The number of carbonyl (C=O) groups excluding carboxylic acids is 4. The Bertz CT molecular complexity index is 1160. The van der Waals surface area contributed by atoms with E-state index in [4.69, 9.17) is 4.74 Å². The number of nitrogens with one attached hydrogen (secondary N) is 2. The molecule has 0 aliphatic carbocycles. The first-order valence-corrected chi connectivity index (χ1v) is 13.4. The van der Waals surface area contributed by atoms with Crippen molar-refractivity contribution in [3.8, 4) is 0 Å². The van der Waals surface area contributed by atoms with Gasteiger partial charge >= 0.3 is 5.97 Å². The molecular weight excluding hydrogens is 500 g/mol. The van der Waals surface area contributed by atoms with Crippen LogP contribution in [0, 0.1) is 11.3 Å². The van der Waals surface area contributed by atoms with E-state index in [1.807, 2.05) is 27.7 Å². The highest BCUT2D eigenvalue weighted by Gasteiger charge is 2.40. The Kier molecular flexibility index (Phi) is 10.0. The van der Waals surface area contributed by atoms with Crippen LogP contribution in [-0.4, -0.2) is 74.9 Å². The lowest BCUT2D eigenvalue weighted by Crippen LogP contribution is -2.45. The molecule has 3 heterocycles.